The van der Waals surface area contributed by atoms with Gasteiger partial charge in [0.1, 0.15) is 0 Å². The van der Waals surface area contributed by atoms with Crippen LogP contribution in [0.1, 0.15) is 25.3 Å². The predicted molar refractivity (Wildman–Crippen MR) is 62.6 cm³/mol. The molecule has 1 fully saturated rings. The molecule has 0 amide bonds. The van der Waals surface area contributed by atoms with Gasteiger partial charge >= 0.3 is 0 Å². The summed E-state index contributed by atoms with van der Waals surface area (Å²) in [6.07, 6.45) is 4.10. The molecular formula is C11H15BrS. The average Bonchev–Trinajstić information content (AvgIpc) is 2.85. The van der Waals surface area contributed by atoms with Gasteiger partial charge in [-0.1, -0.05) is 22.9 Å². The molecule has 1 aromatic rings. The Bertz CT molecular complexity index is 251. The molecule has 1 aromatic heterocycles. The van der Waals surface area contributed by atoms with Crippen molar-refractivity contribution in [1.82, 2.24) is 0 Å². The van der Waals surface area contributed by atoms with Gasteiger partial charge in [0, 0.05) is 4.83 Å². The Hall–Kier alpha value is 0.180. The summed E-state index contributed by atoms with van der Waals surface area (Å²) in [6, 6.07) is 2.23. The third-order valence-electron chi connectivity index (χ3n) is 2.95. The normalized spacial score (nSPS) is 21.4. The van der Waals surface area contributed by atoms with Gasteiger partial charge in [0.25, 0.3) is 0 Å². The molecule has 72 valence electrons. The summed E-state index contributed by atoms with van der Waals surface area (Å²) >= 11 is 5.61. The number of rotatable bonds is 4. The molecule has 0 aliphatic heterocycles. The van der Waals surface area contributed by atoms with Crippen LogP contribution >= 0.6 is 27.3 Å². The minimum atomic E-state index is 0.676. The first-order valence-corrected chi connectivity index (χ1v) is 6.78. The second-order valence-electron chi connectivity index (χ2n) is 4.05. The number of hydrogen-bond donors (Lipinski definition) is 0. The van der Waals surface area contributed by atoms with Gasteiger partial charge in [-0.05, 0) is 53.5 Å². The number of alkyl halides is 1. The smallest absolute Gasteiger partial charge is 0.0214 e. The number of halogens is 1. The van der Waals surface area contributed by atoms with Crippen molar-refractivity contribution in [3.8, 4) is 0 Å². The summed E-state index contributed by atoms with van der Waals surface area (Å²) in [5.74, 6) is 1.85. The van der Waals surface area contributed by atoms with E-state index in [2.05, 4.69) is 39.7 Å². The van der Waals surface area contributed by atoms with Gasteiger partial charge < -0.3 is 0 Å². The second kappa shape index (κ2) is 4.14. The SMILES string of the molecule is CC(C(Br)Cc1ccsc1)C1CC1. The van der Waals surface area contributed by atoms with Crippen LogP contribution in [-0.4, -0.2) is 4.83 Å². The molecule has 1 aliphatic carbocycles. The summed E-state index contributed by atoms with van der Waals surface area (Å²) in [5.41, 5.74) is 1.49. The van der Waals surface area contributed by atoms with E-state index in [0.717, 1.165) is 11.8 Å². The molecule has 2 heteroatoms. The van der Waals surface area contributed by atoms with Crippen LogP contribution in [0.2, 0.25) is 0 Å². The molecule has 2 rings (SSSR count). The van der Waals surface area contributed by atoms with Gasteiger partial charge in [-0.25, -0.2) is 0 Å². The Morgan fingerprint density at radius 3 is 2.92 bits per heavy atom. The second-order valence-corrected chi connectivity index (χ2v) is 6.00. The van der Waals surface area contributed by atoms with E-state index in [1.165, 1.54) is 24.8 Å². The quantitative estimate of drug-likeness (QED) is 0.714. The molecule has 0 radical (unpaired) electrons. The lowest BCUT2D eigenvalue weighted by molar-refractivity contribution is 0.490. The molecule has 1 heterocycles. The van der Waals surface area contributed by atoms with Crippen LogP contribution in [-0.2, 0) is 6.42 Å². The highest BCUT2D eigenvalue weighted by Crippen LogP contribution is 2.40. The van der Waals surface area contributed by atoms with Crippen molar-refractivity contribution < 1.29 is 0 Å². The molecule has 0 bridgehead atoms. The molecule has 1 aliphatic rings. The summed E-state index contributed by atoms with van der Waals surface area (Å²) in [6.45, 7) is 2.38. The van der Waals surface area contributed by atoms with Crippen molar-refractivity contribution >= 4 is 27.3 Å². The average molecular weight is 259 g/mol. The van der Waals surface area contributed by atoms with Crippen LogP contribution in [0.15, 0.2) is 16.8 Å². The first kappa shape index (κ1) is 9.72. The minimum Gasteiger partial charge on any atom is -0.152 e. The van der Waals surface area contributed by atoms with E-state index in [0.29, 0.717) is 4.83 Å². The van der Waals surface area contributed by atoms with E-state index in [1.807, 2.05) is 0 Å². The van der Waals surface area contributed by atoms with E-state index in [-0.39, 0.29) is 0 Å². The van der Waals surface area contributed by atoms with E-state index >= 15 is 0 Å². The lowest BCUT2D eigenvalue weighted by atomic mass is 9.98. The van der Waals surface area contributed by atoms with E-state index in [9.17, 15) is 0 Å². The largest absolute Gasteiger partial charge is 0.152 e. The van der Waals surface area contributed by atoms with E-state index in [4.69, 9.17) is 0 Å². The van der Waals surface area contributed by atoms with Crippen molar-refractivity contribution in [2.45, 2.75) is 31.0 Å². The molecule has 2 atom stereocenters. The van der Waals surface area contributed by atoms with Crippen LogP contribution in [0.4, 0.5) is 0 Å². The standard InChI is InChI=1S/C11H15BrS/c1-8(10-2-3-10)11(12)6-9-4-5-13-7-9/h4-5,7-8,10-11H,2-3,6H2,1H3. The molecular weight excluding hydrogens is 244 g/mol. The maximum absolute atomic E-state index is 3.81. The molecule has 0 aromatic carbocycles. The van der Waals surface area contributed by atoms with Gasteiger partial charge in [0.15, 0.2) is 0 Å². The summed E-state index contributed by atoms with van der Waals surface area (Å²) in [5, 5.41) is 4.42. The van der Waals surface area contributed by atoms with Crippen LogP contribution < -0.4 is 0 Å². The fraction of sp³-hybridized carbons (Fsp3) is 0.636. The van der Waals surface area contributed by atoms with Gasteiger partial charge in [-0.2, -0.15) is 11.3 Å². The van der Waals surface area contributed by atoms with Gasteiger partial charge in [-0.15, -0.1) is 0 Å². The zero-order valence-electron chi connectivity index (χ0n) is 7.87. The monoisotopic (exact) mass is 258 g/mol. The van der Waals surface area contributed by atoms with Crippen LogP contribution in [0.5, 0.6) is 0 Å². The van der Waals surface area contributed by atoms with Gasteiger partial charge in [0.05, 0.1) is 0 Å². The first-order valence-electron chi connectivity index (χ1n) is 4.92. The zero-order chi connectivity index (χ0) is 9.26. The fourth-order valence-corrected chi connectivity index (χ4v) is 3.22. The molecule has 0 spiro atoms. The maximum atomic E-state index is 3.81. The van der Waals surface area contributed by atoms with E-state index in [1.54, 1.807) is 11.3 Å². The summed E-state index contributed by atoms with van der Waals surface area (Å²) in [4.78, 5) is 0.676. The highest BCUT2D eigenvalue weighted by Gasteiger charge is 2.31. The molecule has 0 saturated heterocycles. The first-order chi connectivity index (χ1) is 6.27. The third-order valence-corrected chi connectivity index (χ3v) is 4.84. The Kier molecular flexibility index (Phi) is 3.10. The Morgan fingerprint density at radius 2 is 2.38 bits per heavy atom. The van der Waals surface area contributed by atoms with Gasteiger partial charge in [-0.3, -0.25) is 0 Å². The summed E-state index contributed by atoms with van der Waals surface area (Å²) < 4.78 is 0. The van der Waals surface area contributed by atoms with Crippen LogP contribution in [0.3, 0.4) is 0 Å². The highest BCUT2D eigenvalue weighted by atomic mass is 79.9. The predicted octanol–water partition coefficient (Wildman–Crippen LogP) is 4.10. The Labute approximate surface area is 92.5 Å². The van der Waals surface area contributed by atoms with Gasteiger partial charge in [0.2, 0.25) is 0 Å². The lowest BCUT2D eigenvalue weighted by Gasteiger charge is -2.16. The van der Waals surface area contributed by atoms with Crippen molar-refractivity contribution in [3.63, 3.8) is 0 Å². The van der Waals surface area contributed by atoms with Crippen molar-refractivity contribution in [1.29, 1.82) is 0 Å². The summed E-state index contributed by atoms with van der Waals surface area (Å²) in [7, 11) is 0. The molecule has 1 saturated carbocycles. The fourth-order valence-electron chi connectivity index (χ4n) is 1.74. The molecule has 13 heavy (non-hydrogen) atoms. The van der Waals surface area contributed by atoms with Crippen LogP contribution in [0, 0.1) is 11.8 Å². The Morgan fingerprint density at radius 1 is 1.62 bits per heavy atom. The molecule has 0 N–H and O–H groups in total. The minimum absolute atomic E-state index is 0.676. The number of thiophene rings is 1. The van der Waals surface area contributed by atoms with Crippen LogP contribution in [0.25, 0.3) is 0 Å². The lowest BCUT2D eigenvalue weighted by Crippen LogP contribution is -2.15. The zero-order valence-corrected chi connectivity index (χ0v) is 10.3. The number of hydrogen-bond acceptors (Lipinski definition) is 1. The third kappa shape index (κ3) is 2.57. The maximum Gasteiger partial charge on any atom is 0.0214 e. The highest BCUT2D eigenvalue weighted by molar-refractivity contribution is 9.09. The van der Waals surface area contributed by atoms with Crippen molar-refractivity contribution in [2.75, 3.05) is 0 Å². The van der Waals surface area contributed by atoms with Crippen molar-refractivity contribution in [2.24, 2.45) is 11.8 Å². The van der Waals surface area contributed by atoms with Crippen molar-refractivity contribution in [3.05, 3.63) is 22.4 Å². The molecule has 2 unspecified atom stereocenters. The topological polar surface area (TPSA) is 0 Å². The molecule has 0 nitrogen and oxygen atoms in total. The Balaban J connectivity index is 1.86. The van der Waals surface area contributed by atoms with E-state index < -0.39 is 0 Å².